The Kier molecular flexibility index (Phi) is 1.55. The van der Waals surface area contributed by atoms with Crippen molar-refractivity contribution in [1.82, 2.24) is 30.0 Å². The molecular formula is C7H9N7. The van der Waals surface area contributed by atoms with E-state index in [4.69, 9.17) is 0 Å². The molecule has 0 bridgehead atoms. The van der Waals surface area contributed by atoms with Crippen LogP contribution in [-0.2, 0) is 0 Å². The molecule has 0 spiro atoms. The maximum absolute atomic E-state index is 4.26. The number of aromatic nitrogens is 6. The first kappa shape index (κ1) is 7.60. The van der Waals surface area contributed by atoms with Crippen LogP contribution in [0.15, 0.2) is 6.33 Å². The highest BCUT2D eigenvalue weighted by Gasteiger charge is 2.15. The van der Waals surface area contributed by atoms with E-state index in [2.05, 4.69) is 30.4 Å². The highest BCUT2D eigenvalue weighted by Crippen LogP contribution is 2.13. The summed E-state index contributed by atoms with van der Waals surface area (Å²) in [6.45, 7) is 2.02. The zero-order valence-corrected chi connectivity index (χ0v) is 7.54. The molecule has 2 aromatic rings. The smallest absolute Gasteiger partial charge is 0.290 e. The van der Waals surface area contributed by atoms with E-state index in [0.29, 0.717) is 11.7 Å². The number of hydrogen-bond acceptors (Lipinski definition) is 6. The Hall–Kier alpha value is -1.79. The Balaban J connectivity index is 2.04. The minimum absolute atomic E-state index is 0.438. The Labute approximate surface area is 79.8 Å². The van der Waals surface area contributed by atoms with Gasteiger partial charge in [0.1, 0.15) is 6.33 Å². The van der Waals surface area contributed by atoms with Crippen molar-refractivity contribution in [2.75, 3.05) is 18.0 Å². The Bertz CT molecular complexity index is 444. The Morgan fingerprint density at radius 2 is 1.93 bits per heavy atom. The quantitative estimate of drug-likeness (QED) is 0.606. The molecule has 0 amide bonds. The summed E-state index contributed by atoms with van der Waals surface area (Å²) in [6.07, 6.45) is 3.93. The van der Waals surface area contributed by atoms with Crippen LogP contribution in [0, 0.1) is 0 Å². The largest absolute Gasteiger partial charge is 0.338 e. The molecule has 3 heterocycles. The summed E-state index contributed by atoms with van der Waals surface area (Å²) in [5.41, 5.74) is 0. The summed E-state index contributed by atoms with van der Waals surface area (Å²) in [7, 11) is 0. The van der Waals surface area contributed by atoms with Gasteiger partial charge in [-0.15, -0.1) is 25.5 Å². The summed E-state index contributed by atoms with van der Waals surface area (Å²) in [4.78, 5) is 2.12. The first-order valence-electron chi connectivity index (χ1n) is 4.59. The van der Waals surface area contributed by atoms with E-state index in [1.165, 1.54) is 19.2 Å². The maximum atomic E-state index is 4.26. The summed E-state index contributed by atoms with van der Waals surface area (Å²) < 4.78 is 1.54. The first-order valence-corrected chi connectivity index (χ1v) is 4.59. The van der Waals surface area contributed by atoms with Crippen LogP contribution in [0.2, 0.25) is 0 Å². The van der Waals surface area contributed by atoms with Crippen molar-refractivity contribution in [3.05, 3.63) is 6.33 Å². The minimum Gasteiger partial charge on any atom is -0.338 e. The van der Waals surface area contributed by atoms with Gasteiger partial charge in [-0.3, -0.25) is 0 Å². The van der Waals surface area contributed by atoms with Crippen molar-refractivity contribution >= 4 is 11.7 Å². The summed E-state index contributed by atoms with van der Waals surface area (Å²) in [5.74, 6) is 1.10. The molecule has 1 aliphatic heterocycles. The van der Waals surface area contributed by atoms with Crippen LogP contribution in [0.5, 0.6) is 0 Å². The molecule has 0 unspecified atom stereocenters. The van der Waals surface area contributed by atoms with Crippen LogP contribution in [0.25, 0.3) is 5.78 Å². The number of anilines is 1. The molecule has 7 nitrogen and oxygen atoms in total. The summed E-state index contributed by atoms with van der Waals surface area (Å²) in [5, 5.41) is 19.6. The minimum atomic E-state index is 0.438. The van der Waals surface area contributed by atoms with Crippen LogP contribution < -0.4 is 4.90 Å². The van der Waals surface area contributed by atoms with Crippen molar-refractivity contribution < 1.29 is 0 Å². The molecule has 14 heavy (non-hydrogen) atoms. The second-order valence-corrected chi connectivity index (χ2v) is 3.27. The third kappa shape index (κ3) is 1.09. The second kappa shape index (κ2) is 2.86. The van der Waals surface area contributed by atoms with E-state index in [1.54, 1.807) is 4.52 Å². The molecular weight excluding hydrogens is 182 g/mol. The molecule has 3 rings (SSSR count). The molecule has 2 aromatic heterocycles. The number of rotatable bonds is 1. The predicted molar refractivity (Wildman–Crippen MR) is 47.8 cm³/mol. The third-order valence-electron chi connectivity index (χ3n) is 2.33. The van der Waals surface area contributed by atoms with Gasteiger partial charge in [0.2, 0.25) is 0 Å². The number of nitrogens with zero attached hydrogens (tertiary/aromatic N) is 7. The van der Waals surface area contributed by atoms with Gasteiger partial charge in [-0.2, -0.15) is 4.52 Å². The first-order chi connectivity index (χ1) is 6.93. The van der Waals surface area contributed by atoms with Crippen LogP contribution in [0.1, 0.15) is 12.8 Å². The van der Waals surface area contributed by atoms with Gasteiger partial charge >= 0.3 is 0 Å². The van der Waals surface area contributed by atoms with Crippen LogP contribution in [-0.4, -0.2) is 43.1 Å². The molecule has 0 radical (unpaired) electrons. The van der Waals surface area contributed by atoms with Crippen LogP contribution in [0.3, 0.4) is 0 Å². The lowest BCUT2D eigenvalue weighted by molar-refractivity contribution is 0.772. The van der Waals surface area contributed by atoms with Crippen molar-refractivity contribution in [2.24, 2.45) is 0 Å². The lowest BCUT2D eigenvalue weighted by Crippen LogP contribution is -2.22. The van der Waals surface area contributed by atoms with Gasteiger partial charge in [0.05, 0.1) is 0 Å². The topological polar surface area (TPSA) is 72.1 Å². The number of fused-ring (bicyclic) bond motifs is 1. The van der Waals surface area contributed by atoms with E-state index in [1.807, 2.05) is 0 Å². The SMILES string of the molecule is c1nnc2nnc(N3CCCC3)nn12. The average Bonchev–Trinajstić information content (AvgIpc) is 2.88. The summed E-state index contributed by atoms with van der Waals surface area (Å²) >= 11 is 0. The second-order valence-electron chi connectivity index (χ2n) is 3.27. The van der Waals surface area contributed by atoms with Crippen LogP contribution >= 0.6 is 0 Å². The van der Waals surface area contributed by atoms with E-state index in [0.717, 1.165) is 13.1 Å². The van der Waals surface area contributed by atoms with Crippen LogP contribution in [0.4, 0.5) is 5.95 Å². The van der Waals surface area contributed by atoms with Gasteiger partial charge in [0.15, 0.2) is 0 Å². The average molecular weight is 191 g/mol. The molecule has 1 saturated heterocycles. The summed E-state index contributed by atoms with van der Waals surface area (Å²) in [6, 6.07) is 0. The zero-order chi connectivity index (χ0) is 9.38. The van der Waals surface area contributed by atoms with E-state index >= 15 is 0 Å². The highest BCUT2D eigenvalue weighted by atomic mass is 15.5. The molecule has 0 aromatic carbocycles. The lowest BCUT2D eigenvalue weighted by Gasteiger charge is -2.12. The van der Waals surface area contributed by atoms with Gasteiger partial charge in [0, 0.05) is 13.1 Å². The normalized spacial score (nSPS) is 16.7. The van der Waals surface area contributed by atoms with Gasteiger partial charge in [-0.05, 0) is 12.8 Å². The number of hydrogen-bond donors (Lipinski definition) is 0. The van der Waals surface area contributed by atoms with Gasteiger partial charge in [-0.25, -0.2) is 0 Å². The lowest BCUT2D eigenvalue weighted by atomic mass is 10.4. The fourth-order valence-electron chi connectivity index (χ4n) is 1.61. The van der Waals surface area contributed by atoms with E-state index < -0.39 is 0 Å². The van der Waals surface area contributed by atoms with Gasteiger partial charge < -0.3 is 4.90 Å². The van der Waals surface area contributed by atoms with E-state index in [-0.39, 0.29) is 0 Å². The monoisotopic (exact) mass is 191 g/mol. The third-order valence-corrected chi connectivity index (χ3v) is 2.33. The molecule has 0 atom stereocenters. The maximum Gasteiger partial charge on any atom is 0.290 e. The zero-order valence-electron chi connectivity index (χ0n) is 7.54. The standard InChI is InChI=1S/C7H9N7/c1-2-4-13(3-1)7-11-10-6-9-8-5-14(6)12-7/h5H,1-4H2. The molecule has 0 aliphatic carbocycles. The molecule has 1 aliphatic rings. The molecule has 1 fully saturated rings. The van der Waals surface area contributed by atoms with Crippen molar-refractivity contribution in [3.8, 4) is 0 Å². The molecule has 0 saturated carbocycles. The molecule has 72 valence electrons. The fraction of sp³-hybridized carbons (Fsp3) is 0.571. The molecule has 7 heteroatoms. The fourth-order valence-corrected chi connectivity index (χ4v) is 1.61. The highest BCUT2D eigenvalue weighted by molar-refractivity contribution is 5.31. The Morgan fingerprint density at radius 3 is 2.79 bits per heavy atom. The van der Waals surface area contributed by atoms with E-state index in [9.17, 15) is 0 Å². The van der Waals surface area contributed by atoms with Crippen molar-refractivity contribution in [3.63, 3.8) is 0 Å². The van der Waals surface area contributed by atoms with Crippen molar-refractivity contribution in [2.45, 2.75) is 12.8 Å². The van der Waals surface area contributed by atoms with Gasteiger partial charge in [0.25, 0.3) is 11.7 Å². The Morgan fingerprint density at radius 1 is 1.07 bits per heavy atom. The van der Waals surface area contributed by atoms with Crippen molar-refractivity contribution in [1.29, 1.82) is 0 Å². The molecule has 0 N–H and O–H groups in total. The predicted octanol–water partition coefficient (Wildman–Crippen LogP) is -0.486. The van der Waals surface area contributed by atoms with Gasteiger partial charge in [-0.1, -0.05) is 0 Å².